The van der Waals surface area contributed by atoms with E-state index < -0.39 is 15.3 Å². The van der Waals surface area contributed by atoms with Gasteiger partial charge in [0, 0.05) is 31.9 Å². The summed E-state index contributed by atoms with van der Waals surface area (Å²) in [5, 5.41) is 0. The molecule has 2 heterocycles. The lowest BCUT2D eigenvalue weighted by Crippen LogP contribution is -2.58. The maximum absolute atomic E-state index is 13.4. The summed E-state index contributed by atoms with van der Waals surface area (Å²) in [4.78, 5) is 18.3. The van der Waals surface area contributed by atoms with Crippen LogP contribution in [0, 0.1) is 0 Å². The van der Waals surface area contributed by atoms with Gasteiger partial charge in [-0.15, -0.1) is 0 Å². The van der Waals surface area contributed by atoms with Gasteiger partial charge in [-0.1, -0.05) is 18.6 Å². The molecule has 0 unspecified atom stereocenters. The van der Waals surface area contributed by atoms with Gasteiger partial charge >= 0.3 is 0 Å². The van der Waals surface area contributed by atoms with Crippen molar-refractivity contribution in [3.05, 3.63) is 29.8 Å². The lowest BCUT2D eigenvalue weighted by Gasteiger charge is -2.47. The summed E-state index contributed by atoms with van der Waals surface area (Å²) in [5.74, 6) is 0.248. The van der Waals surface area contributed by atoms with Crippen LogP contribution in [0.15, 0.2) is 29.2 Å². The van der Waals surface area contributed by atoms with Crippen LogP contribution in [0.3, 0.4) is 0 Å². The Hall–Kier alpha value is -1.40. The second-order valence-electron chi connectivity index (χ2n) is 7.82. The first-order chi connectivity index (χ1) is 11.9. The van der Waals surface area contributed by atoms with Crippen LogP contribution in [0.25, 0.3) is 0 Å². The number of amides is 1. The van der Waals surface area contributed by atoms with Gasteiger partial charge in [0.2, 0.25) is 5.91 Å². The SMILES string of the molecule is CS(=O)(=O)c1ccc(C2(C(=O)N3CCN4CCC[C@H]4C3)CCC2)cc1. The molecule has 0 bridgehead atoms. The van der Waals surface area contributed by atoms with Crippen molar-refractivity contribution < 1.29 is 13.2 Å². The lowest BCUT2D eigenvalue weighted by atomic mass is 9.63. The highest BCUT2D eigenvalue weighted by atomic mass is 32.2. The first kappa shape index (κ1) is 17.0. The standard InChI is InChI=1S/C19H26N2O3S/c1-25(23,24)17-7-5-15(6-8-17)19(9-3-10-19)18(22)21-13-12-20-11-2-4-16(20)14-21/h5-8,16H,2-4,9-14H2,1H3/t16-/m0/s1. The van der Waals surface area contributed by atoms with Crippen molar-refractivity contribution in [2.75, 3.05) is 32.4 Å². The topological polar surface area (TPSA) is 57.7 Å². The summed E-state index contributed by atoms with van der Waals surface area (Å²) < 4.78 is 23.4. The molecule has 6 heteroatoms. The molecule has 3 fully saturated rings. The summed E-state index contributed by atoms with van der Waals surface area (Å²) >= 11 is 0. The van der Waals surface area contributed by atoms with E-state index in [9.17, 15) is 13.2 Å². The number of rotatable bonds is 3. The molecule has 4 rings (SSSR count). The molecule has 0 N–H and O–H groups in total. The summed E-state index contributed by atoms with van der Waals surface area (Å²) in [6, 6.07) is 7.51. The molecule has 0 spiro atoms. The number of nitrogens with zero attached hydrogens (tertiary/aromatic N) is 2. The van der Waals surface area contributed by atoms with Crippen LogP contribution in [0.5, 0.6) is 0 Å². The van der Waals surface area contributed by atoms with Crippen LogP contribution >= 0.6 is 0 Å². The first-order valence-electron chi connectivity index (χ1n) is 9.24. The van der Waals surface area contributed by atoms with Crippen molar-refractivity contribution in [2.45, 2.75) is 48.5 Å². The summed E-state index contributed by atoms with van der Waals surface area (Å²) in [5.41, 5.74) is 0.543. The Balaban J connectivity index is 1.57. The highest BCUT2D eigenvalue weighted by Gasteiger charge is 2.49. The zero-order valence-electron chi connectivity index (χ0n) is 14.8. The number of carbonyl (C=O) groups is 1. The zero-order chi connectivity index (χ0) is 17.7. The third-order valence-electron chi connectivity index (χ3n) is 6.33. The summed E-state index contributed by atoms with van der Waals surface area (Å²) in [6.45, 7) is 3.82. The number of benzene rings is 1. The van der Waals surface area contributed by atoms with Gasteiger partial charge in [-0.3, -0.25) is 9.69 Å². The molecule has 1 aromatic carbocycles. The van der Waals surface area contributed by atoms with Crippen LogP contribution < -0.4 is 0 Å². The Morgan fingerprint density at radius 3 is 2.40 bits per heavy atom. The Morgan fingerprint density at radius 2 is 1.80 bits per heavy atom. The van der Waals surface area contributed by atoms with Gasteiger partial charge in [0.25, 0.3) is 0 Å². The molecular weight excluding hydrogens is 336 g/mol. The molecule has 25 heavy (non-hydrogen) atoms. The van der Waals surface area contributed by atoms with E-state index in [4.69, 9.17) is 0 Å². The van der Waals surface area contributed by atoms with Crippen LogP contribution in [-0.4, -0.2) is 62.6 Å². The van der Waals surface area contributed by atoms with Crippen molar-refractivity contribution >= 4 is 15.7 Å². The average molecular weight is 362 g/mol. The van der Waals surface area contributed by atoms with Crippen LogP contribution in [-0.2, 0) is 20.0 Å². The highest BCUT2D eigenvalue weighted by Crippen LogP contribution is 2.45. The fourth-order valence-corrected chi connectivity index (χ4v) is 5.29. The number of hydrogen-bond acceptors (Lipinski definition) is 4. The molecule has 1 atom stereocenters. The molecular formula is C19H26N2O3S. The quantitative estimate of drug-likeness (QED) is 0.823. The normalized spacial score (nSPS) is 26.1. The molecule has 1 saturated carbocycles. The zero-order valence-corrected chi connectivity index (χ0v) is 15.6. The molecule has 136 valence electrons. The maximum atomic E-state index is 13.4. The largest absolute Gasteiger partial charge is 0.339 e. The molecule has 1 amide bonds. The van der Waals surface area contributed by atoms with E-state index in [0.717, 1.165) is 44.5 Å². The van der Waals surface area contributed by atoms with E-state index >= 15 is 0 Å². The number of hydrogen-bond donors (Lipinski definition) is 0. The predicted molar refractivity (Wildman–Crippen MR) is 96.3 cm³/mol. The van der Waals surface area contributed by atoms with Crippen molar-refractivity contribution in [1.82, 2.24) is 9.80 Å². The Labute approximate surface area is 149 Å². The number of piperazine rings is 1. The van der Waals surface area contributed by atoms with Crippen molar-refractivity contribution in [2.24, 2.45) is 0 Å². The monoisotopic (exact) mass is 362 g/mol. The molecule has 3 aliphatic rings. The molecule has 2 saturated heterocycles. The Bertz CT molecular complexity index is 768. The van der Waals surface area contributed by atoms with E-state index in [1.807, 2.05) is 12.1 Å². The highest BCUT2D eigenvalue weighted by molar-refractivity contribution is 7.90. The van der Waals surface area contributed by atoms with Crippen molar-refractivity contribution in [3.8, 4) is 0 Å². The van der Waals surface area contributed by atoms with Crippen molar-refractivity contribution in [3.63, 3.8) is 0 Å². The fraction of sp³-hybridized carbons (Fsp3) is 0.632. The lowest BCUT2D eigenvalue weighted by molar-refractivity contribution is -0.143. The van der Waals surface area contributed by atoms with Gasteiger partial charge < -0.3 is 4.90 Å². The maximum Gasteiger partial charge on any atom is 0.233 e. The second kappa shape index (κ2) is 6.09. The molecule has 2 aliphatic heterocycles. The molecule has 0 radical (unpaired) electrons. The van der Waals surface area contributed by atoms with Gasteiger partial charge in [-0.2, -0.15) is 0 Å². The Kier molecular flexibility index (Phi) is 4.15. The van der Waals surface area contributed by atoms with Gasteiger partial charge in [-0.25, -0.2) is 8.42 Å². The molecule has 1 aromatic rings. The number of carbonyl (C=O) groups excluding carboxylic acids is 1. The van der Waals surface area contributed by atoms with Gasteiger partial charge in [0.05, 0.1) is 10.3 Å². The summed E-state index contributed by atoms with van der Waals surface area (Å²) in [7, 11) is -3.21. The first-order valence-corrected chi connectivity index (χ1v) is 11.1. The third-order valence-corrected chi connectivity index (χ3v) is 7.45. The smallest absolute Gasteiger partial charge is 0.233 e. The molecule has 5 nitrogen and oxygen atoms in total. The number of sulfone groups is 1. The van der Waals surface area contributed by atoms with Gasteiger partial charge in [-0.05, 0) is 49.9 Å². The minimum Gasteiger partial charge on any atom is -0.339 e. The van der Waals surface area contributed by atoms with E-state index in [2.05, 4.69) is 9.80 Å². The Morgan fingerprint density at radius 1 is 1.08 bits per heavy atom. The summed E-state index contributed by atoms with van der Waals surface area (Å²) in [6.07, 6.45) is 6.45. The fourth-order valence-electron chi connectivity index (χ4n) is 4.66. The third kappa shape index (κ3) is 2.89. The number of fused-ring (bicyclic) bond motifs is 1. The average Bonchev–Trinajstić information content (AvgIpc) is 3.01. The van der Waals surface area contributed by atoms with E-state index in [1.165, 1.54) is 25.6 Å². The second-order valence-corrected chi connectivity index (χ2v) is 9.83. The minimum atomic E-state index is -3.21. The van der Waals surface area contributed by atoms with E-state index in [0.29, 0.717) is 10.9 Å². The van der Waals surface area contributed by atoms with E-state index in [-0.39, 0.29) is 5.91 Å². The van der Waals surface area contributed by atoms with Crippen molar-refractivity contribution in [1.29, 1.82) is 0 Å². The van der Waals surface area contributed by atoms with Crippen LogP contribution in [0.4, 0.5) is 0 Å². The molecule has 0 aromatic heterocycles. The van der Waals surface area contributed by atoms with Gasteiger partial charge in [0.1, 0.15) is 0 Å². The molecule has 1 aliphatic carbocycles. The van der Waals surface area contributed by atoms with Crippen LogP contribution in [0.1, 0.15) is 37.7 Å². The minimum absolute atomic E-state index is 0.248. The predicted octanol–water partition coefficient (Wildman–Crippen LogP) is 1.82. The van der Waals surface area contributed by atoms with Crippen LogP contribution in [0.2, 0.25) is 0 Å². The van der Waals surface area contributed by atoms with Gasteiger partial charge in [0.15, 0.2) is 9.84 Å². The van der Waals surface area contributed by atoms with E-state index in [1.54, 1.807) is 12.1 Å².